The molecule has 0 fully saturated rings. The first kappa shape index (κ1) is 20.7. The fourth-order valence-corrected chi connectivity index (χ4v) is 3.24. The van der Waals surface area contributed by atoms with Gasteiger partial charge in [-0.3, -0.25) is 19.4 Å². The minimum atomic E-state index is -0.775. The van der Waals surface area contributed by atoms with Gasteiger partial charge >= 0.3 is 0 Å². The van der Waals surface area contributed by atoms with Crippen molar-refractivity contribution < 1.29 is 9.59 Å². The number of aromatic nitrogens is 3. The number of rotatable bonds is 6. The number of primary amides is 1. The summed E-state index contributed by atoms with van der Waals surface area (Å²) in [6.07, 6.45) is 5.46. The van der Waals surface area contributed by atoms with Crippen molar-refractivity contribution in [3.8, 4) is 0 Å². The van der Waals surface area contributed by atoms with Gasteiger partial charge in [-0.05, 0) is 42.0 Å². The topological polar surface area (TPSA) is 120 Å². The zero-order valence-corrected chi connectivity index (χ0v) is 16.9. The second kappa shape index (κ2) is 9.05. The number of amides is 2. The van der Waals surface area contributed by atoms with E-state index < -0.39 is 17.4 Å². The highest BCUT2D eigenvalue weighted by Gasteiger charge is 2.16. The fourth-order valence-electron chi connectivity index (χ4n) is 3.24. The summed E-state index contributed by atoms with van der Waals surface area (Å²) in [4.78, 5) is 41.3. The lowest BCUT2D eigenvalue weighted by atomic mass is 10.1. The standard InChI is InChI=1S/C24H19N5O3/c25-23(31)22-19-9-1-2-10-20(19)24(32)29(28-22)15-21(30)27-18-8-5-6-16(14-18)11-12-17-7-3-4-13-26-17/h1-14H,15H2,(H2,25,31)(H,27,30)/b12-11+. The highest BCUT2D eigenvalue weighted by Crippen LogP contribution is 2.15. The van der Waals surface area contributed by atoms with Crippen molar-refractivity contribution in [2.24, 2.45) is 5.73 Å². The maximum Gasteiger partial charge on any atom is 0.275 e. The third-order valence-corrected chi connectivity index (χ3v) is 4.70. The predicted molar refractivity (Wildman–Crippen MR) is 123 cm³/mol. The van der Waals surface area contributed by atoms with E-state index in [1.807, 2.05) is 36.4 Å². The molecule has 2 aromatic heterocycles. The summed E-state index contributed by atoms with van der Waals surface area (Å²) >= 11 is 0. The molecule has 0 saturated carbocycles. The Morgan fingerprint density at radius 3 is 2.50 bits per heavy atom. The van der Waals surface area contributed by atoms with E-state index in [1.54, 1.807) is 48.7 Å². The van der Waals surface area contributed by atoms with Crippen molar-refractivity contribution in [3.05, 3.63) is 100 Å². The second-order valence-electron chi connectivity index (χ2n) is 6.98. The fraction of sp³-hybridized carbons (Fsp3) is 0.0417. The van der Waals surface area contributed by atoms with Crippen LogP contribution in [0.4, 0.5) is 5.69 Å². The van der Waals surface area contributed by atoms with E-state index in [0.29, 0.717) is 11.1 Å². The molecular formula is C24H19N5O3. The van der Waals surface area contributed by atoms with Crippen LogP contribution in [-0.2, 0) is 11.3 Å². The lowest BCUT2D eigenvalue weighted by Gasteiger charge is -2.10. The molecule has 4 rings (SSSR count). The zero-order chi connectivity index (χ0) is 22.5. The van der Waals surface area contributed by atoms with Gasteiger partial charge in [-0.15, -0.1) is 0 Å². The summed E-state index contributed by atoms with van der Waals surface area (Å²) in [5.74, 6) is -1.24. The van der Waals surface area contributed by atoms with Gasteiger partial charge in [0.05, 0.1) is 11.1 Å². The number of benzene rings is 2. The Labute approximate surface area is 183 Å². The summed E-state index contributed by atoms with van der Waals surface area (Å²) in [6, 6.07) is 19.4. The van der Waals surface area contributed by atoms with E-state index in [2.05, 4.69) is 15.4 Å². The molecular weight excluding hydrogens is 406 g/mol. The molecule has 8 heteroatoms. The minimum Gasteiger partial charge on any atom is -0.364 e. The van der Waals surface area contributed by atoms with Crippen LogP contribution in [0.2, 0.25) is 0 Å². The van der Waals surface area contributed by atoms with Crippen LogP contribution in [0.3, 0.4) is 0 Å². The van der Waals surface area contributed by atoms with E-state index in [0.717, 1.165) is 15.9 Å². The molecule has 4 aromatic rings. The molecule has 8 nitrogen and oxygen atoms in total. The molecule has 0 spiro atoms. The van der Waals surface area contributed by atoms with Gasteiger partial charge in [-0.2, -0.15) is 5.10 Å². The van der Waals surface area contributed by atoms with Crippen LogP contribution in [0.25, 0.3) is 22.9 Å². The number of nitrogens with two attached hydrogens (primary N) is 1. The third kappa shape index (κ3) is 4.59. The molecule has 2 amide bonds. The number of fused-ring (bicyclic) bond motifs is 1. The molecule has 2 heterocycles. The summed E-state index contributed by atoms with van der Waals surface area (Å²) in [6.45, 7) is -0.363. The molecule has 0 radical (unpaired) electrons. The predicted octanol–water partition coefficient (Wildman–Crippen LogP) is 2.70. The summed E-state index contributed by atoms with van der Waals surface area (Å²) in [7, 11) is 0. The second-order valence-corrected chi connectivity index (χ2v) is 6.98. The van der Waals surface area contributed by atoms with Crippen LogP contribution in [-0.4, -0.2) is 26.6 Å². The Bertz CT molecular complexity index is 1390. The van der Waals surface area contributed by atoms with E-state index in [4.69, 9.17) is 5.73 Å². The highest BCUT2D eigenvalue weighted by atomic mass is 16.2. The number of hydrogen-bond acceptors (Lipinski definition) is 5. The maximum atomic E-state index is 12.7. The normalized spacial score (nSPS) is 11.0. The van der Waals surface area contributed by atoms with Gasteiger partial charge in [0.1, 0.15) is 6.54 Å². The maximum absolute atomic E-state index is 12.7. The SMILES string of the molecule is NC(=O)c1nn(CC(=O)Nc2cccc(/C=C/c3ccccn3)c2)c(=O)c2ccccc12. The average Bonchev–Trinajstić information content (AvgIpc) is 2.80. The van der Waals surface area contributed by atoms with Gasteiger partial charge in [0.25, 0.3) is 11.5 Å². The minimum absolute atomic E-state index is 0.0605. The quantitative estimate of drug-likeness (QED) is 0.492. The molecule has 0 aliphatic carbocycles. The van der Waals surface area contributed by atoms with Gasteiger partial charge in [-0.1, -0.05) is 42.5 Å². The number of pyridine rings is 1. The Kier molecular flexibility index (Phi) is 5.85. The van der Waals surface area contributed by atoms with Crippen molar-refractivity contribution in [2.45, 2.75) is 6.54 Å². The number of anilines is 1. The van der Waals surface area contributed by atoms with Crippen molar-refractivity contribution in [3.63, 3.8) is 0 Å². The molecule has 0 aliphatic heterocycles. The van der Waals surface area contributed by atoms with E-state index >= 15 is 0 Å². The van der Waals surface area contributed by atoms with Crippen molar-refractivity contribution in [1.29, 1.82) is 0 Å². The van der Waals surface area contributed by atoms with Gasteiger partial charge in [-0.25, -0.2) is 4.68 Å². The molecule has 3 N–H and O–H groups in total. The monoisotopic (exact) mass is 425 g/mol. The summed E-state index contributed by atoms with van der Waals surface area (Å²) in [5, 5.41) is 7.39. The first-order valence-corrected chi connectivity index (χ1v) is 9.80. The Hall–Kier alpha value is -4.59. The van der Waals surface area contributed by atoms with Crippen LogP contribution >= 0.6 is 0 Å². The lowest BCUT2D eigenvalue weighted by Crippen LogP contribution is -2.32. The number of carbonyl (C=O) groups is 2. The van der Waals surface area contributed by atoms with E-state index in [9.17, 15) is 14.4 Å². The molecule has 0 bridgehead atoms. The van der Waals surface area contributed by atoms with Crippen LogP contribution in [0.15, 0.2) is 77.7 Å². The Morgan fingerprint density at radius 1 is 0.969 bits per heavy atom. The average molecular weight is 425 g/mol. The molecule has 0 atom stereocenters. The largest absolute Gasteiger partial charge is 0.364 e. The smallest absolute Gasteiger partial charge is 0.275 e. The number of nitrogens with zero attached hydrogens (tertiary/aromatic N) is 3. The van der Waals surface area contributed by atoms with Gasteiger partial charge in [0.2, 0.25) is 5.91 Å². The van der Waals surface area contributed by atoms with E-state index in [-0.39, 0.29) is 17.6 Å². The van der Waals surface area contributed by atoms with Crippen LogP contribution in [0.5, 0.6) is 0 Å². The summed E-state index contributed by atoms with van der Waals surface area (Å²) in [5.41, 5.74) is 7.11. The first-order valence-electron chi connectivity index (χ1n) is 9.80. The number of nitrogens with one attached hydrogen (secondary N) is 1. The molecule has 0 aliphatic rings. The Morgan fingerprint density at radius 2 is 1.75 bits per heavy atom. The molecule has 32 heavy (non-hydrogen) atoms. The highest BCUT2D eigenvalue weighted by molar-refractivity contribution is 6.04. The molecule has 0 unspecified atom stereocenters. The van der Waals surface area contributed by atoms with Crippen molar-refractivity contribution in [1.82, 2.24) is 14.8 Å². The lowest BCUT2D eigenvalue weighted by molar-refractivity contribution is -0.117. The van der Waals surface area contributed by atoms with Crippen LogP contribution in [0.1, 0.15) is 21.7 Å². The zero-order valence-electron chi connectivity index (χ0n) is 16.9. The third-order valence-electron chi connectivity index (χ3n) is 4.70. The van der Waals surface area contributed by atoms with Crippen LogP contribution in [0, 0.1) is 0 Å². The molecule has 0 saturated heterocycles. The Balaban J connectivity index is 1.54. The van der Waals surface area contributed by atoms with Crippen molar-refractivity contribution >= 4 is 40.4 Å². The first-order chi connectivity index (χ1) is 15.5. The molecule has 2 aromatic carbocycles. The van der Waals surface area contributed by atoms with E-state index in [1.165, 1.54) is 0 Å². The number of hydrogen-bond donors (Lipinski definition) is 2. The summed E-state index contributed by atoms with van der Waals surface area (Å²) < 4.78 is 0.947. The van der Waals surface area contributed by atoms with Gasteiger partial charge in [0, 0.05) is 17.3 Å². The van der Waals surface area contributed by atoms with Crippen molar-refractivity contribution in [2.75, 3.05) is 5.32 Å². The van der Waals surface area contributed by atoms with Gasteiger partial charge in [0.15, 0.2) is 5.69 Å². The number of carbonyl (C=O) groups excluding carboxylic acids is 2. The van der Waals surface area contributed by atoms with Crippen LogP contribution < -0.4 is 16.6 Å². The van der Waals surface area contributed by atoms with Gasteiger partial charge < -0.3 is 11.1 Å². The molecule has 158 valence electrons.